The Bertz CT molecular complexity index is 1050. The second-order valence-corrected chi connectivity index (χ2v) is 6.54. The number of anilines is 2. The van der Waals surface area contributed by atoms with Gasteiger partial charge in [-0.2, -0.15) is 5.10 Å². The smallest absolute Gasteiger partial charge is 0.274 e. The fraction of sp³-hybridized carbons (Fsp3) is 0.150. The Morgan fingerprint density at radius 2 is 1.89 bits per heavy atom. The summed E-state index contributed by atoms with van der Waals surface area (Å²) in [5.74, 6) is -0.0959. The Morgan fingerprint density at radius 3 is 2.57 bits per heavy atom. The quantitative estimate of drug-likeness (QED) is 0.681. The molecule has 0 radical (unpaired) electrons. The topological polar surface area (TPSA) is 85.2 Å². The summed E-state index contributed by atoms with van der Waals surface area (Å²) in [5.41, 5.74) is 2.79. The molecule has 0 saturated carbocycles. The molecule has 7 nitrogen and oxygen atoms in total. The van der Waals surface area contributed by atoms with E-state index in [4.69, 9.17) is 16.3 Å². The number of halogens is 1. The summed E-state index contributed by atoms with van der Waals surface area (Å²) in [6.07, 6.45) is 0. The molecule has 0 atom stereocenters. The first-order chi connectivity index (χ1) is 13.4. The Kier molecular flexibility index (Phi) is 5.65. The number of benzene rings is 2. The van der Waals surface area contributed by atoms with Crippen LogP contribution in [0.3, 0.4) is 0 Å². The van der Waals surface area contributed by atoms with Crippen molar-refractivity contribution in [2.24, 2.45) is 7.05 Å². The van der Waals surface area contributed by atoms with E-state index < -0.39 is 0 Å². The predicted octanol–water partition coefficient (Wildman–Crippen LogP) is 3.96. The van der Waals surface area contributed by atoms with Crippen LogP contribution in [0.2, 0.25) is 5.02 Å². The van der Waals surface area contributed by atoms with Crippen molar-refractivity contribution in [3.05, 3.63) is 59.2 Å². The number of nitrogens with one attached hydrogen (secondary N) is 2. The van der Waals surface area contributed by atoms with Gasteiger partial charge in [0, 0.05) is 30.2 Å². The largest absolute Gasteiger partial charge is 0.495 e. The number of rotatable bonds is 5. The van der Waals surface area contributed by atoms with Gasteiger partial charge < -0.3 is 15.4 Å². The van der Waals surface area contributed by atoms with Gasteiger partial charge in [-0.15, -0.1) is 0 Å². The van der Waals surface area contributed by atoms with Crippen LogP contribution in [0.4, 0.5) is 11.4 Å². The van der Waals surface area contributed by atoms with Crippen LogP contribution in [-0.4, -0.2) is 28.7 Å². The lowest BCUT2D eigenvalue weighted by atomic mass is 10.1. The molecule has 3 rings (SSSR count). The first-order valence-electron chi connectivity index (χ1n) is 8.44. The number of carbonyl (C=O) groups is 2. The minimum Gasteiger partial charge on any atom is -0.495 e. The molecule has 0 fully saturated rings. The summed E-state index contributed by atoms with van der Waals surface area (Å²) in [4.78, 5) is 24.1. The van der Waals surface area contributed by atoms with E-state index in [1.807, 2.05) is 12.1 Å². The Morgan fingerprint density at radius 1 is 1.11 bits per heavy atom. The van der Waals surface area contributed by atoms with Gasteiger partial charge in [0.2, 0.25) is 5.91 Å². The molecule has 144 valence electrons. The van der Waals surface area contributed by atoms with Crippen LogP contribution in [0.1, 0.15) is 17.4 Å². The lowest BCUT2D eigenvalue weighted by Crippen LogP contribution is -2.17. The zero-order valence-electron chi connectivity index (χ0n) is 15.6. The molecule has 0 saturated heterocycles. The normalized spacial score (nSPS) is 10.4. The van der Waals surface area contributed by atoms with Gasteiger partial charge in [0.1, 0.15) is 11.4 Å². The van der Waals surface area contributed by atoms with Crippen LogP contribution >= 0.6 is 11.6 Å². The van der Waals surface area contributed by atoms with Crippen LogP contribution in [0.5, 0.6) is 5.75 Å². The van der Waals surface area contributed by atoms with Gasteiger partial charge in [0.15, 0.2) is 0 Å². The van der Waals surface area contributed by atoms with E-state index in [0.717, 1.165) is 5.56 Å². The van der Waals surface area contributed by atoms with E-state index in [2.05, 4.69) is 15.7 Å². The average molecular weight is 399 g/mol. The maximum Gasteiger partial charge on any atom is 0.274 e. The van der Waals surface area contributed by atoms with Crippen LogP contribution in [0, 0.1) is 0 Å². The molecule has 0 aliphatic carbocycles. The van der Waals surface area contributed by atoms with Gasteiger partial charge >= 0.3 is 0 Å². The number of amides is 2. The van der Waals surface area contributed by atoms with Gasteiger partial charge in [-0.1, -0.05) is 23.7 Å². The molecule has 0 aliphatic heterocycles. The van der Waals surface area contributed by atoms with Gasteiger partial charge in [-0.25, -0.2) is 0 Å². The van der Waals surface area contributed by atoms with Crippen LogP contribution in [0.15, 0.2) is 48.5 Å². The number of aryl methyl sites for hydroxylation is 1. The summed E-state index contributed by atoms with van der Waals surface area (Å²) in [6, 6.07) is 13.9. The molecule has 2 aromatic carbocycles. The Balaban J connectivity index is 1.88. The predicted molar refractivity (Wildman–Crippen MR) is 109 cm³/mol. The molecule has 1 heterocycles. The molecule has 0 bridgehead atoms. The number of aromatic nitrogens is 2. The van der Waals surface area contributed by atoms with Crippen LogP contribution in [0.25, 0.3) is 11.3 Å². The lowest BCUT2D eigenvalue weighted by molar-refractivity contribution is -0.114. The summed E-state index contributed by atoms with van der Waals surface area (Å²) < 4.78 is 6.79. The second kappa shape index (κ2) is 8.14. The highest BCUT2D eigenvalue weighted by Crippen LogP contribution is 2.29. The van der Waals surface area contributed by atoms with Crippen molar-refractivity contribution in [2.45, 2.75) is 6.92 Å². The SMILES string of the molecule is COc1ccc(NC(C)=O)cc1NC(=O)c1cc(-c2cccc(Cl)c2)nn1C. The summed E-state index contributed by atoms with van der Waals surface area (Å²) in [5, 5.41) is 10.5. The molecule has 8 heteroatoms. The zero-order chi connectivity index (χ0) is 20.3. The molecule has 28 heavy (non-hydrogen) atoms. The fourth-order valence-electron chi connectivity index (χ4n) is 2.74. The van der Waals surface area contributed by atoms with E-state index >= 15 is 0 Å². The zero-order valence-corrected chi connectivity index (χ0v) is 16.4. The maximum absolute atomic E-state index is 12.8. The third kappa shape index (κ3) is 4.32. The number of ether oxygens (including phenoxy) is 1. The van der Waals surface area contributed by atoms with Crippen molar-refractivity contribution in [1.29, 1.82) is 0 Å². The second-order valence-electron chi connectivity index (χ2n) is 6.10. The Hall–Kier alpha value is -3.32. The summed E-state index contributed by atoms with van der Waals surface area (Å²) >= 11 is 6.04. The highest BCUT2D eigenvalue weighted by atomic mass is 35.5. The average Bonchev–Trinajstić information content (AvgIpc) is 3.03. The lowest BCUT2D eigenvalue weighted by Gasteiger charge is -2.12. The fourth-order valence-corrected chi connectivity index (χ4v) is 2.93. The first-order valence-corrected chi connectivity index (χ1v) is 8.82. The molecule has 0 aliphatic rings. The molecule has 0 spiro atoms. The molecule has 0 unspecified atom stereocenters. The molecular formula is C20H19ClN4O3. The molecule has 2 amide bonds. The van der Waals surface area contributed by atoms with Crippen molar-refractivity contribution in [3.8, 4) is 17.0 Å². The first kappa shape index (κ1) is 19.4. The van der Waals surface area contributed by atoms with E-state index in [9.17, 15) is 9.59 Å². The van der Waals surface area contributed by atoms with Crippen molar-refractivity contribution >= 4 is 34.8 Å². The summed E-state index contributed by atoms with van der Waals surface area (Å²) in [7, 11) is 3.19. The monoisotopic (exact) mass is 398 g/mol. The number of hydrogen-bond donors (Lipinski definition) is 2. The van der Waals surface area contributed by atoms with Gasteiger partial charge in [0.25, 0.3) is 5.91 Å². The maximum atomic E-state index is 12.8. The number of hydrogen-bond acceptors (Lipinski definition) is 4. The third-order valence-electron chi connectivity index (χ3n) is 4.00. The standard InChI is InChI=1S/C20H19ClN4O3/c1-12(26)22-15-7-8-19(28-3)17(10-15)23-20(27)18-11-16(24-25(18)2)13-5-4-6-14(21)9-13/h4-11H,1-3H3,(H,22,26)(H,23,27). The van der Waals surface area contributed by atoms with E-state index in [0.29, 0.717) is 33.5 Å². The van der Waals surface area contributed by atoms with E-state index in [1.54, 1.807) is 43.4 Å². The number of nitrogens with zero attached hydrogens (tertiary/aromatic N) is 2. The highest BCUT2D eigenvalue weighted by Gasteiger charge is 2.17. The third-order valence-corrected chi connectivity index (χ3v) is 4.24. The van der Waals surface area contributed by atoms with Crippen molar-refractivity contribution in [1.82, 2.24) is 9.78 Å². The molecule has 2 N–H and O–H groups in total. The van der Waals surface area contributed by atoms with Crippen molar-refractivity contribution in [3.63, 3.8) is 0 Å². The van der Waals surface area contributed by atoms with Gasteiger partial charge in [-0.3, -0.25) is 14.3 Å². The number of methoxy groups -OCH3 is 1. The minimum absolute atomic E-state index is 0.208. The highest BCUT2D eigenvalue weighted by molar-refractivity contribution is 6.30. The van der Waals surface area contributed by atoms with Crippen LogP contribution < -0.4 is 15.4 Å². The minimum atomic E-state index is -0.360. The van der Waals surface area contributed by atoms with Crippen molar-refractivity contribution in [2.75, 3.05) is 17.7 Å². The molecular weight excluding hydrogens is 380 g/mol. The van der Waals surface area contributed by atoms with Crippen molar-refractivity contribution < 1.29 is 14.3 Å². The number of carbonyl (C=O) groups excluding carboxylic acids is 2. The summed E-state index contributed by atoms with van der Waals surface area (Å²) in [6.45, 7) is 1.41. The van der Waals surface area contributed by atoms with Gasteiger partial charge in [0.05, 0.1) is 18.5 Å². The van der Waals surface area contributed by atoms with E-state index in [-0.39, 0.29) is 11.8 Å². The van der Waals surface area contributed by atoms with Crippen LogP contribution in [-0.2, 0) is 11.8 Å². The molecule has 1 aromatic heterocycles. The Labute approximate surface area is 167 Å². The van der Waals surface area contributed by atoms with E-state index in [1.165, 1.54) is 18.7 Å². The molecule has 3 aromatic rings. The van der Waals surface area contributed by atoms with Gasteiger partial charge in [-0.05, 0) is 36.4 Å².